The van der Waals surface area contributed by atoms with E-state index in [0.29, 0.717) is 35.3 Å². The van der Waals surface area contributed by atoms with Gasteiger partial charge in [0.2, 0.25) is 6.79 Å². The Balaban J connectivity index is 1.61. The zero-order valence-corrected chi connectivity index (χ0v) is 17.8. The van der Waals surface area contributed by atoms with Crippen LogP contribution in [0.25, 0.3) is 16.3 Å². The number of amides is 1. The molecule has 0 saturated heterocycles. The summed E-state index contributed by atoms with van der Waals surface area (Å²) in [4.78, 5) is 31.7. The van der Waals surface area contributed by atoms with Gasteiger partial charge in [0.1, 0.15) is 0 Å². The van der Waals surface area contributed by atoms with Crippen LogP contribution in [0.5, 0.6) is 11.5 Å². The second-order valence-electron chi connectivity index (χ2n) is 7.15. The summed E-state index contributed by atoms with van der Waals surface area (Å²) in [6.45, 7) is 1.28. The van der Waals surface area contributed by atoms with E-state index in [4.69, 9.17) is 9.47 Å². The van der Waals surface area contributed by atoms with Crippen molar-refractivity contribution in [3.05, 3.63) is 58.2 Å². The molecule has 2 heterocycles. The van der Waals surface area contributed by atoms with Gasteiger partial charge in [-0.1, -0.05) is 23.5 Å². The summed E-state index contributed by atoms with van der Waals surface area (Å²) in [5.41, 5.74) is 1.28. The summed E-state index contributed by atoms with van der Waals surface area (Å²) in [5, 5.41) is 11.5. The van der Waals surface area contributed by atoms with Crippen LogP contribution in [-0.4, -0.2) is 54.7 Å². The van der Waals surface area contributed by atoms with E-state index in [1.54, 1.807) is 23.1 Å². The Hall–Kier alpha value is -3.50. The summed E-state index contributed by atoms with van der Waals surface area (Å²) in [6.07, 6.45) is 2.98. The maximum atomic E-state index is 13.0. The highest BCUT2D eigenvalue weighted by Gasteiger charge is 2.21. The molecule has 160 valence electrons. The number of rotatable bonds is 7. The van der Waals surface area contributed by atoms with E-state index in [1.165, 1.54) is 29.5 Å². The van der Waals surface area contributed by atoms with Crippen molar-refractivity contribution < 1.29 is 19.2 Å². The average molecular weight is 440 g/mol. The number of benzene rings is 2. The molecule has 1 amide bonds. The average Bonchev–Trinajstić information content (AvgIpc) is 3.36. The standard InChI is InChI=1S/C21H20N4O5S/c1-23(2)8-9-24(20(26)7-6-14-4-3-5-15(10-14)25(27)28)21-22-16-11-17-18(30-13-29-17)12-19(16)31-21/h3-7,10-12H,8-9,13H2,1-2H3/b7-6+. The van der Waals surface area contributed by atoms with E-state index in [0.717, 1.165) is 10.2 Å². The minimum Gasteiger partial charge on any atom is -0.454 e. The van der Waals surface area contributed by atoms with Gasteiger partial charge in [-0.05, 0) is 25.7 Å². The van der Waals surface area contributed by atoms with Crippen molar-refractivity contribution in [1.29, 1.82) is 0 Å². The van der Waals surface area contributed by atoms with Crippen molar-refractivity contribution in [2.24, 2.45) is 0 Å². The van der Waals surface area contributed by atoms with Crippen LogP contribution in [0.2, 0.25) is 0 Å². The Bertz CT molecular complexity index is 1130. The molecule has 0 aliphatic carbocycles. The van der Waals surface area contributed by atoms with E-state index in [-0.39, 0.29) is 18.4 Å². The number of carbonyl (C=O) groups is 1. The van der Waals surface area contributed by atoms with Crippen molar-refractivity contribution in [2.75, 3.05) is 38.9 Å². The number of aromatic nitrogens is 1. The molecule has 1 aliphatic rings. The summed E-state index contributed by atoms with van der Waals surface area (Å²) in [7, 11) is 3.86. The Morgan fingerprint density at radius 1 is 1.23 bits per heavy atom. The molecule has 4 rings (SSSR count). The molecule has 31 heavy (non-hydrogen) atoms. The molecule has 0 fully saturated rings. The minimum absolute atomic E-state index is 0.0253. The molecule has 2 aromatic carbocycles. The van der Waals surface area contributed by atoms with Gasteiger partial charge >= 0.3 is 0 Å². The highest BCUT2D eigenvalue weighted by atomic mass is 32.1. The molecule has 0 atom stereocenters. The monoisotopic (exact) mass is 440 g/mol. The number of fused-ring (bicyclic) bond motifs is 2. The molecule has 0 N–H and O–H groups in total. The van der Waals surface area contributed by atoms with E-state index in [2.05, 4.69) is 4.98 Å². The van der Waals surface area contributed by atoms with Crippen LogP contribution in [-0.2, 0) is 4.79 Å². The molecule has 1 aliphatic heterocycles. The number of nitrogens with zero attached hydrogens (tertiary/aromatic N) is 4. The zero-order valence-electron chi connectivity index (χ0n) is 17.0. The molecule has 0 saturated carbocycles. The first-order valence-electron chi connectivity index (χ1n) is 9.49. The third-order valence-electron chi connectivity index (χ3n) is 4.64. The number of nitro groups is 1. The van der Waals surface area contributed by atoms with E-state index < -0.39 is 4.92 Å². The van der Waals surface area contributed by atoms with Gasteiger partial charge in [0.25, 0.3) is 11.6 Å². The van der Waals surface area contributed by atoms with Crippen molar-refractivity contribution >= 4 is 44.4 Å². The third-order valence-corrected chi connectivity index (χ3v) is 5.68. The van der Waals surface area contributed by atoms with Crippen LogP contribution in [0.15, 0.2) is 42.5 Å². The first-order chi connectivity index (χ1) is 14.9. The van der Waals surface area contributed by atoms with E-state index in [1.807, 2.05) is 31.1 Å². The third kappa shape index (κ3) is 4.65. The highest BCUT2D eigenvalue weighted by Crippen LogP contribution is 2.39. The lowest BCUT2D eigenvalue weighted by Crippen LogP contribution is -2.35. The first kappa shape index (κ1) is 20.8. The Labute approximate surface area is 182 Å². The van der Waals surface area contributed by atoms with E-state index >= 15 is 0 Å². The number of hydrogen-bond acceptors (Lipinski definition) is 8. The number of carbonyl (C=O) groups excluding carboxylic acids is 1. The number of ether oxygens (including phenoxy) is 2. The predicted octanol–water partition coefficient (Wildman–Crippen LogP) is 3.54. The van der Waals surface area contributed by atoms with Crippen LogP contribution in [0.3, 0.4) is 0 Å². The quantitative estimate of drug-likeness (QED) is 0.315. The fourth-order valence-corrected chi connectivity index (χ4v) is 4.03. The van der Waals surface area contributed by atoms with Crippen LogP contribution < -0.4 is 14.4 Å². The Morgan fingerprint density at radius 2 is 2.00 bits per heavy atom. The normalized spacial score (nSPS) is 12.7. The van der Waals surface area contributed by atoms with Gasteiger partial charge in [-0.2, -0.15) is 0 Å². The summed E-state index contributed by atoms with van der Waals surface area (Å²) in [5.74, 6) is 1.05. The SMILES string of the molecule is CN(C)CCN(C(=O)/C=C/c1cccc([N+](=O)[O-])c1)c1nc2cc3c(cc2s1)OCO3. The van der Waals surface area contributed by atoms with Gasteiger partial charge in [0.05, 0.1) is 15.1 Å². The van der Waals surface area contributed by atoms with Crippen LogP contribution >= 0.6 is 11.3 Å². The van der Waals surface area contributed by atoms with E-state index in [9.17, 15) is 14.9 Å². The molecule has 0 bridgehead atoms. The number of likely N-dealkylation sites (N-methyl/N-ethyl adjacent to an activating group) is 1. The summed E-state index contributed by atoms with van der Waals surface area (Å²) >= 11 is 1.40. The van der Waals surface area contributed by atoms with Crippen LogP contribution in [0.4, 0.5) is 10.8 Å². The Kier molecular flexibility index (Phi) is 5.83. The number of non-ortho nitro benzene ring substituents is 1. The van der Waals surface area contributed by atoms with Crippen molar-refractivity contribution in [2.45, 2.75) is 0 Å². The largest absolute Gasteiger partial charge is 0.454 e. The number of hydrogen-bond donors (Lipinski definition) is 0. The summed E-state index contributed by atoms with van der Waals surface area (Å²) in [6, 6.07) is 9.81. The molecule has 1 aromatic heterocycles. The molecule has 10 heteroatoms. The van der Waals surface area contributed by atoms with Gasteiger partial charge in [-0.15, -0.1) is 0 Å². The molecular formula is C21H20N4O5S. The van der Waals surface area contributed by atoms with Crippen LogP contribution in [0.1, 0.15) is 5.56 Å². The highest BCUT2D eigenvalue weighted by molar-refractivity contribution is 7.22. The summed E-state index contributed by atoms with van der Waals surface area (Å²) < 4.78 is 11.7. The maximum absolute atomic E-state index is 13.0. The molecule has 0 radical (unpaired) electrons. The predicted molar refractivity (Wildman–Crippen MR) is 119 cm³/mol. The number of anilines is 1. The van der Waals surface area contributed by atoms with Gasteiger partial charge in [0.15, 0.2) is 16.6 Å². The van der Waals surface area contributed by atoms with Crippen LogP contribution in [0, 0.1) is 10.1 Å². The lowest BCUT2D eigenvalue weighted by atomic mass is 10.2. The number of thiazole rings is 1. The smallest absolute Gasteiger partial charge is 0.270 e. The minimum atomic E-state index is -0.464. The fraction of sp³-hybridized carbons (Fsp3) is 0.238. The molecule has 0 unspecified atom stereocenters. The van der Waals surface area contributed by atoms with Crippen molar-refractivity contribution in [1.82, 2.24) is 9.88 Å². The molecule has 9 nitrogen and oxygen atoms in total. The van der Waals surface area contributed by atoms with Crippen molar-refractivity contribution in [3.8, 4) is 11.5 Å². The number of nitro benzene ring substituents is 1. The molecule has 0 spiro atoms. The zero-order chi connectivity index (χ0) is 22.0. The second-order valence-corrected chi connectivity index (χ2v) is 8.16. The van der Waals surface area contributed by atoms with Gasteiger partial charge in [-0.25, -0.2) is 4.98 Å². The molecular weight excluding hydrogens is 420 g/mol. The topological polar surface area (TPSA) is 98.0 Å². The maximum Gasteiger partial charge on any atom is 0.270 e. The second kappa shape index (κ2) is 8.70. The first-order valence-corrected chi connectivity index (χ1v) is 10.3. The van der Waals surface area contributed by atoms with Gasteiger partial charge in [0, 0.05) is 43.4 Å². The fourth-order valence-electron chi connectivity index (χ4n) is 3.02. The lowest BCUT2D eigenvalue weighted by Gasteiger charge is -2.20. The van der Waals surface area contributed by atoms with Gasteiger partial charge in [-0.3, -0.25) is 19.8 Å². The lowest BCUT2D eigenvalue weighted by molar-refractivity contribution is -0.384. The van der Waals surface area contributed by atoms with Gasteiger partial charge < -0.3 is 14.4 Å². The Morgan fingerprint density at radius 3 is 2.74 bits per heavy atom. The van der Waals surface area contributed by atoms with Crippen molar-refractivity contribution in [3.63, 3.8) is 0 Å². The molecule has 3 aromatic rings.